The van der Waals surface area contributed by atoms with Gasteiger partial charge in [0, 0.05) is 25.9 Å². The number of esters is 1. The molecule has 39 heavy (non-hydrogen) atoms. The predicted octanol–water partition coefficient (Wildman–Crippen LogP) is 6.89. The Hall–Kier alpha value is -4.00. The van der Waals surface area contributed by atoms with E-state index in [-0.39, 0.29) is 18.2 Å². The van der Waals surface area contributed by atoms with Crippen LogP contribution in [0.3, 0.4) is 0 Å². The van der Waals surface area contributed by atoms with Gasteiger partial charge in [-0.25, -0.2) is 9.59 Å². The number of carbonyl (C=O) groups excluding carboxylic acids is 2. The Morgan fingerprint density at radius 2 is 1.38 bits per heavy atom. The SMILES string of the molecule is CCOC(=O)c1ccc(-c2ccc(OCc3ccc(OC4CCN(C(=O)OC(C)(C)C)CC4)cc3)cc2)cc1. The van der Waals surface area contributed by atoms with Crippen LogP contribution in [0, 0.1) is 0 Å². The Morgan fingerprint density at radius 3 is 1.95 bits per heavy atom. The Kier molecular flexibility index (Phi) is 9.12. The fourth-order valence-corrected chi connectivity index (χ4v) is 4.26. The van der Waals surface area contributed by atoms with E-state index in [1.54, 1.807) is 24.0 Å². The van der Waals surface area contributed by atoms with Crippen LogP contribution in [-0.2, 0) is 16.1 Å². The second kappa shape index (κ2) is 12.7. The summed E-state index contributed by atoms with van der Waals surface area (Å²) in [7, 11) is 0. The van der Waals surface area contributed by atoms with Crippen LogP contribution < -0.4 is 9.47 Å². The number of piperidine rings is 1. The van der Waals surface area contributed by atoms with Gasteiger partial charge in [-0.1, -0.05) is 36.4 Å². The van der Waals surface area contributed by atoms with Gasteiger partial charge in [0.25, 0.3) is 0 Å². The molecule has 1 aliphatic heterocycles. The molecule has 0 spiro atoms. The average molecular weight is 532 g/mol. The minimum absolute atomic E-state index is 0.0747. The van der Waals surface area contributed by atoms with Crippen LogP contribution in [-0.4, -0.2) is 48.4 Å². The van der Waals surface area contributed by atoms with Gasteiger partial charge in [-0.3, -0.25) is 0 Å². The molecule has 7 heteroatoms. The summed E-state index contributed by atoms with van der Waals surface area (Å²) in [6, 6.07) is 23.2. The fraction of sp³-hybridized carbons (Fsp3) is 0.375. The van der Waals surface area contributed by atoms with E-state index < -0.39 is 5.60 Å². The first kappa shape index (κ1) is 28.0. The zero-order valence-corrected chi connectivity index (χ0v) is 23.1. The van der Waals surface area contributed by atoms with Gasteiger partial charge in [0.2, 0.25) is 0 Å². The van der Waals surface area contributed by atoms with Gasteiger partial charge in [-0.2, -0.15) is 0 Å². The first-order valence-corrected chi connectivity index (χ1v) is 13.4. The van der Waals surface area contributed by atoms with Crippen molar-refractivity contribution in [1.29, 1.82) is 0 Å². The summed E-state index contributed by atoms with van der Waals surface area (Å²) in [6.45, 7) is 9.49. The maximum Gasteiger partial charge on any atom is 0.410 e. The highest BCUT2D eigenvalue weighted by molar-refractivity contribution is 5.90. The Labute approximate surface area is 230 Å². The predicted molar refractivity (Wildman–Crippen MR) is 150 cm³/mol. The lowest BCUT2D eigenvalue weighted by atomic mass is 10.0. The molecular weight excluding hydrogens is 494 g/mol. The number of rotatable bonds is 8. The molecule has 4 rings (SSSR count). The lowest BCUT2D eigenvalue weighted by Crippen LogP contribution is -2.44. The molecule has 1 amide bonds. The van der Waals surface area contributed by atoms with E-state index in [9.17, 15) is 9.59 Å². The zero-order valence-electron chi connectivity index (χ0n) is 23.1. The van der Waals surface area contributed by atoms with Gasteiger partial charge in [0.05, 0.1) is 12.2 Å². The molecule has 1 fully saturated rings. The summed E-state index contributed by atoms with van der Waals surface area (Å²) >= 11 is 0. The van der Waals surface area contributed by atoms with E-state index in [0.717, 1.165) is 41.0 Å². The van der Waals surface area contributed by atoms with Crippen LogP contribution in [0.25, 0.3) is 11.1 Å². The quantitative estimate of drug-likeness (QED) is 0.295. The topological polar surface area (TPSA) is 74.3 Å². The smallest absolute Gasteiger partial charge is 0.410 e. The van der Waals surface area contributed by atoms with Crippen LogP contribution in [0.2, 0.25) is 0 Å². The van der Waals surface area contributed by atoms with Crippen LogP contribution in [0.4, 0.5) is 4.79 Å². The van der Waals surface area contributed by atoms with Crippen molar-refractivity contribution >= 4 is 12.1 Å². The molecule has 0 aliphatic carbocycles. The summed E-state index contributed by atoms with van der Waals surface area (Å²) in [5.74, 6) is 1.28. The standard InChI is InChI=1S/C32H37NO6/c1-5-36-30(34)26-10-8-24(9-11-26)25-12-16-27(17-13-25)37-22-23-6-14-28(15-7-23)38-29-18-20-33(21-19-29)31(35)39-32(2,3)4/h6-17,29H,5,18-22H2,1-4H3. The van der Waals surface area contributed by atoms with Gasteiger partial charge >= 0.3 is 12.1 Å². The van der Waals surface area contributed by atoms with Crippen LogP contribution in [0.15, 0.2) is 72.8 Å². The number of hydrogen-bond donors (Lipinski definition) is 0. The van der Waals surface area contributed by atoms with Crippen molar-refractivity contribution in [3.05, 3.63) is 83.9 Å². The maximum absolute atomic E-state index is 12.2. The number of nitrogens with zero attached hydrogens (tertiary/aromatic N) is 1. The molecule has 0 saturated carbocycles. The van der Waals surface area contributed by atoms with Gasteiger partial charge < -0.3 is 23.8 Å². The molecule has 1 heterocycles. The average Bonchev–Trinajstić information content (AvgIpc) is 2.93. The second-order valence-corrected chi connectivity index (χ2v) is 10.5. The molecule has 1 aliphatic rings. The number of likely N-dealkylation sites (tertiary alicyclic amines) is 1. The molecule has 0 atom stereocenters. The Balaban J connectivity index is 1.22. The summed E-state index contributed by atoms with van der Waals surface area (Å²) in [4.78, 5) is 25.8. The summed E-state index contributed by atoms with van der Waals surface area (Å²) < 4.78 is 22.6. The molecule has 1 saturated heterocycles. The molecule has 206 valence electrons. The van der Waals surface area contributed by atoms with Gasteiger partial charge in [-0.15, -0.1) is 0 Å². The first-order chi connectivity index (χ1) is 18.7. The Morgan fingerprint density at radius 1 is 0.821 bits per heavy atom. The number of ether oxygens (including phenoxy) is 4. The van der Waals surface area contributed by atoms with Crippen LogP contribution in [0.1, 0.15) is 56.5 Å². The van der Waals surface area contributed by atoms with E-state index in [1.807, 2.05) is 81.4 Å². The number of carbonyl (C=O) groups is 2. The first-order valence-electron chi connectivity index (χ1n) is 13.4. The van der Waals surface area contributed by atoms with E-state index >= 15 is 0 Å². The third kappa shape index (κ3) is 8.24. The molecule has 0 N–H and O–H groups in total. The molecule has 0 aromatic heterocycles. The lowest BCUT2D eigenvalue weighted by molar-refractivity contribution is 0.0126. The minimum Gasteiger partial charge on any atom is -0.490 e. The largest absolute Gasteiger partial charge is 0.490 e. The highest BCUT2D eigenvalue weighted by atomic mass is 16.6. The molecule has 0 radical (unpaired) electrons. The summed E-state index contributed by atoms with van der Waals surface area (Å²) in [5.41, 5.74) is 3.15. The summed E-state index contributed by atoms with van der Waals surface area (Å²) in [6.07, 6.45) is 1.36. The third-order valence-electron chi connectivity index (χ3n) is 6.31. The normalized spacial score (nSPS) is 14.0. The molecule has 7 nitrogen and oxygen atoms in total. The monoisotopic (exact) mass is 531 g/mol. The maximum atomic E-state index is 12.2. The van der Waals surface area contributed by atoms with E-state index in [0.29, 0.717) is 31.9 Å². The van der Waals surface area contributed by atoms with Crippen molar-refractivity contribution in [2.24, 2.45) is 0 Å². The molecular formula is C32H37NO6. The van der Waals surface area contributed by atoms with Gasteiger partial charge in [0.1, 0.15) is 29.8 Å². The van der Waals surface area contributed by atoms with E-state index in [1.165, 1.54) is 0 Å². The highest BCUT2D eigenvalue weighted by Crippen LogP contribution is 2.25. The summed E-state index contributed by atoms with van der Waals surface area (Å²) in [5, 5.41) is 0. The second-order valence-electron chi connectivity index (χ2n) is 10.5. The van der Waals surface area contributed by atoms with Crippen molar-refractivity contribution in [3.8, 4) is 22.6 Å². The number of benzene rings is 3. The van der Waals surface area contributed by atoms with Crippen molar-refractivity contribution < 1.29 is 28.5 Å². The van der Waals surface area contributed by atoms with Gasteiger partial charge in [-0.05, 0) is 80.8 Å². The Bertz CT molecular complexity index is 1220. The highest BCUT2D eigenvalue weighted by Gasteiger charge is 2.27. The van der Waals surface area contributed by atoms with Gasteiger partial charge in [0.15, 0.2) is 0 Å². The molecule has 0 unspecified atom stereocenters. The lowest BCUT2D eigenvalue weighted by Gasteiger charge is -2.33. The van der Waals surface area contributed by atoms with Crippen molar-refractivity contribution in [1.82, 2.24) is 4.90 Å². The van der Waals surface area contributed by atoms with Crippen LogP contribution >= 0.6 is 0 Å². The molecule has 3 aromatic carbocycles. The van der Waals surface area contributed by atoms with Crippen molar-refractivity contribution in [2.45, 2.75) is 58.8 Å². The number of amides is 1. The zero-order chi connectivity index (χ0) is 27.8. The minimum atomic E-state index is -0.486. The third-order valence-corrected chi connectivity index (χ3v) is 6.31. The molecule has 3 aromatic rings. The molecule has 0 bridgehead atoms. The van der Waals surface area contributed by atoms with Crippen LogP contribution in [0.5, 0.6) is 11.5 Å². The fourth-order valence-electron chi connectivity index (χ4n) is 4.26. The van der Waals surface area contributed by atoms with Crippen molar-refractivity contribution in [3.63, 3.8) is 0 Å². The van der Waals surface area contributed by atoms with E-state index in [4.69, 9.17) is 18.9 Å². The number of hydrogen-bond acceptors (Lipinski definition) is 6. The van der Waals surface area contributed by atoms with Crippen molar-refractivity contribution in [2.75, 3.05) is 19.7 Å². The van der Waals surface area contributed by atoms with E-state index in [2.05, 4.69) is 0 Å².